The number of halogens is 1. The highest BCUT2D eigenvalue weighted by atomic mass is 19.1. The minimum absolute atomic E-state index is 0.0717. The normalized spacial score (nSPS) is 21.8. The van der Waals surface area contributed by atoms with E-state index in [1.54, 1.807) is 30.5 Å². The molecule has 12 nitrogen and oxygen atoms in total. The molecule has 4 aliphatic rings. The number of aliphatic imine (C=N–C) groups is 1. The van der Waals surface area contributed by atoms with E-state index in [9.17, 15) is 10.1 Å². The molecule has 0 unspecified atom stereocenters. The van der Waals surface area contributed by atoms with Gasteiger partial charge in [0.05, 0.1) is 37.9 Å². The van der Waals surface area contributed by atoms with Crippen molar-refractivity contribution in [3.05, 3.63) is 66.0 Å². The quantitative estimate of drug-likeness (QED) is 0.400. The molecule has 236 valence electrons. The van der Waals surface area contributed by atoms with Gasteiger partial charge in [0.1, 0.15) is 24.3 Å². The van der Waals surface area contributed by atoms with Crippen molar-refractivity contribution in [2.75, 3.05) is 69.2 Å². The van der Waals surface area contributed by atoms with Crippen molar-refractivity contribution in [3.8, 4) is 23.2 Å². The lowest BCUT2D eigenvalue weighted by Crippen LogP contribution is -2.56. The smallest absolute Gasteiger partial charge is 0.251 e. The van der Waals surface area contributed by atoms with Crippen molar-refractivity contribution in [1.29, 1.82) is 5.26 Å². The fraction of sp³-hybridized carbons (Fsp3) is 0.394. The number of nitrogens with zero attached hydrogens (tertiary/aromatic N) is 8. The van der Waals surface area contributed by atoms with Crippen LogP contribution in [-0.2, 0) is 9.53 Å². The van der Waals surface area contributed by atoms with Gasteiger partial charge in [0.15, 0.2) is 12.0 Å². The molecule has 7 rings (SSSR count). The van der Waals surface area contributed by atoms with Gasteiger partial charge in [-0.1, -0.05) is 0 Å². The zero-order chi connectivity index (χ0) is 31.5. The Morgan fingerprint density at radius 2 is 1.89 bits per heavy atom. The summed E-state index contributed by atoms with van der Waals surface area (Å²) < 4.78 is 26.4. The van der Waals surface area contributed by atoms with Crippen molar-refractivity contribution in [3.63, 3.8) is 0 Å². The number of hydrogen-bond acceptors (Lipinski definition) is 11. The number of likely N-dealkylation sites (tertiary alicyclic amines) is 1. The van der Waals surface area contributed by atoms with Crippen LogP contribution in [0.15, 0.2) is 65.4 Å². The molecule has 1 aromatic heterocycles. The lowest BCUT2D eigenvalue weighted by molar-refractivity contribution is -0.130. The molecule has 0 aliphatic carbocycles. The van der Waals surface area contributed by atoms with E-state index in [0.717, 1.165) is 45.1 Å². The second-order valence-electron chi connectivity index (χ2n) is 11.7. The van der Waals surface area contributed by atoms with Gasteiger partial charge < -0.3 is 24.6 Å². The standard InChI is InChI=1S/C33H34FN9O3/c34-28-18-43(32(44)23-7-9-36-17-23)10-8-30(28)46-29-6-1-22(15-24(29)16-35)31-37-21-38-33(40-31)39-25-2-4-26(5-3-25)41-11-13-42(14-12-41)27-19-45-20-27/h1-7,9,15,21,27-28,30H,8,10-14,17-20H2,(H,37,38,39,40)/t28-,30+/m1/s1. The zero-order valence-electron chi connectivity index (χ0n) is 25.3. The van der Waals surface area contributed by atoms with Crippen LogP contribution in [0.3, 0.4) is 0 Å². The van der Waals surface area contributed by atoms with Crippen molar-refractivity contribution in [1.82, 2.24) is 24.8 Å². The van der Waals surface area contributed by atoms with Gasteiger partial charge in [0.2, 0.25) is 5.95 Å². The van der Waals surface area contributed by atoms with Crippen molar-refractivity contribution >= 4 is 29.4 Å². The molecule has 5 heterocycles. The fourth-order valence-electron chi connectivity index (χ4n) is 6.07. The highest BCUT2D eigenvalue weighted by molar-refractivity contribution is 5.99. The molecule has 4 aliphatic heterocycles. The second-order valence-corrected chi connectivity index (χ2v) is 11.7. The van der Waals surface area contributed by atoms with E-state index >= 15 is 4.39 Å². The maximum absolute atomic E-state index is 15.1. The van der Waals surface area contributed by atoms with Crippen LogP contribution >= 0.6 is 0 Å². The van der Waals surface area contributed by atoms with Gasteiger partial charge in [-0.3, -0.25) is 14.7 Å². The number of hydrogen-bond donors (Lipinski definition) is 1. The maximum Gasteiger partial charge on any atom is 0.251 e. The van der Waals surface area contributed by atoms with E-state index in [1.807, 2.05) is 12.1 Å². The number of nitrogens with one attached hydrogen (secondary N) is 1. The third-order valence-electron chi connectivity index (χ3n) is 8.83. The number of alkyl halides is 1. The fourth-order valence-corrected chi connectivity index (χ4v) is 6.07. The average molecular weight is 624 g/mol. The molecule has 46 heavy (non-hydrogen) atoms. The van der Waals surface area contributed by atoms with E-state index in [1.165, 1.54) is 16.9 Å². The molecule has 3 aromatic rings. The summed E-state index contributed by atoms with van der Waals surface area (Å²) in [7, 11) is 0. The summed E-state index contributed by atoms with van der Waals surface area (Å²) in [6, 6.07) is 15.9. The number of piperazine rings is 1. The van der Waals surface area contributed by atoms with E-state index in [2.05, 4.69) is 53.3 Å². The molecule has 3 saturated heterocycles. The van der Waals surface area contributed by atoms with Gasteiger partial charge in [-0.2, -0.15) is 10.2 Å². The van der Waals surface area contributed by atoms with Gasteiger partial charge in [0.25, 0.3) is 5.91 Å². The Morgan fingerprint density at radius 1 is 1.07 bits per heavy atom. The molecular formula is C33H34FN9O3. The predicted octanol–water partition coefficient (Wildman–Crippen LogP) is 3.00. The highest BCUT2D eigenvalue weighted by Crippen LogP contribution is 2.29. The van der Waals surface area contributed by atoms with Gasteiger partial charge >= 0.3 is 0 Å². The summed E-state index contributed by atoms with van der Waals surface area (Å²) in [6.45, 7) is 6.35. The Kier molecular flexibility index (Phi) is 8.54. The van der Waals surface area contributed by atoms with Crippen LogP contribution in [0.4, 0.5) is 21.7 Å². The first-order valence-electron chi connectivity index (χ1n) is 15.5. The van der Waals surface area contributed by atoms with Gasteiger partial charge in [-0.05, 0) is 48.5 Å². The van der Waals surface area contributed by atoms with Crippen LogP contribution in [-0.4, -0.2) is 114 Å². The van der Waals surface area contributed by atoms with E-state index in [0.29, 0.717) is 48.5 Å². The number of rotatable bonds is 8. The van der Waals surface area contributed by atoms with E-state index in [-0.39, 0.29) is 23.8 Å². The highest BCUT2D eigenvalue weighted by Gasteiger charge is 2.34. The summed E-state index contributed by atoms with van der Waals surface area (Å²) in [5.74, 6) is 0.826. The van der Waals surface area contributed by atoms with Gasteiger partial charge in [0, 0.05) is 67.9 Å². The molecule has 0 spiro atoms. The zero-order valence-corrected chi connectivity index (χ0v) is 25.3. The average Bonchev–Trinajstić information content (AvgIpc) is 3.61. The second kappa shape index (κ2) is 13.2. The Morgan fingerprint density at radius 3 is 2.59 bits per heavy atom. The minimum Gasteiger partial charge on any atom is -0.486 e. The predicted molar refractivity (Wildman–Crippen MR) is 170 cm³/mol. The SMILES string of the molecule is N#Cc1cc(-c2ncnc(Nc3ccc(N4CCN(C5COC5)CC4)cc3)n2)ccc1O[C@H]1CCN(C(=O)C2=CC=NC2)C[C@H]1F. The Labute approximate surface area is 266 Å². The number of amides is 1. The summed E-state index contributed by atoms with van der Waals surface area (Å²) in [6.07, 6.45) is 2.81. The Hall–Kier alpha value is -4.93. The summed E-state index contributed by atoms with van der Waals surface area (Å²) in [4.78, 5) is 36.2. The summed E-state index contributed by atoms with van der Waals surface area (Å²) in [5, 5.41) is 13.1. The number of benzene rings is 2. The minimum atomic E-state index is -1.39. The van der Waals surface area contributed by atoms with Crippen LogP contribution < -0.4 is 15.0 Å². The first kappa shape index (κ1) is 29.8. The van der Waals surface area contributed by atoms with Crippen molar-refractivity contribution in [2.24, 2.45) is 4.99 Å². The van der Waals surface area contributed by atoms with Crippen molar-refractivity contribution in [2.45, 2.75) is 24.7 Å². The number of carbonyl (C=O) groups excluding carboxylic acids is 1. The molecule has 2 atom stereocenters. The monoisotopic (exact) mass is 623 g/mol. The van der Waals surface area contributed by atoms with Crippen LogP contribution in [0.1, 0.15) is 12.0 Å². The molecule has 1 N–H and O–H groups in total. The largest absolute Gasteiger partial charge is 0.486 e. The van der Waals surface area contributed by atoms with Crippen LogP contribution in [0.2, 0.25) is 0 Å². The summed E-state index contributed by atoms with van der Waals surface area (Å²) in [5.41, 5.74) is 3.41. The molecule has 13 heteroatoms. The first-order chi connectivity index (χ1) is 22.5. The number of piperidine rings is 1. The van der Waals surface area contributed by atoms with Gasteiger partial charge in [-0.25, -0.2) is 14.4 Å². The number of ether oxygens (including phenoxy) is 2. The number of allylic oxidation sites excluding steroid dienone is 1. The number of aromatic nitrogens is 3. The third-order valence-corrected chi connectivity index (χ3v) is 8.83. The topological polar surface area (TPSA) is 132 Å². The number of carbonyl (C=O) groups is 1. The van der Waals surface area contributed by atoms with Crippen LogP contribution in [0.5, 0.6) is 5.75 Å². The number of nitriles is 1. The third kappa shape index (κ3) is 6.40. The van der Waals surface area contributed by atoms with E-state index in [4.69, 9.17) is 9.47 Å². The maximum atomic E-state index is 15.1. The summed E-state index contributed by atoms with van der Waals surface area (Å²) >= 11 is 0. The van der Waals surface area contributed by atoms with E-state index < -0.39 is 12.3 Å². The molecule has 0 radical (unpaired) electrons. The lowest BCUT2D eigenvalue weighted by atomic mass is 10.0. The van der Waals surface area contributed by atoms with Crippen LogP contribution in [0.25, 0.3) is 11.4 Å². The number of anilines is 3. The Balaban J connectivity index is 0.964. The molecule has 2 aromatic carbocycles. The van der Waals surface area contributed by atoms with Crippen LogP contribution in [0, 0.1) is 11.3 Å². The molecular weight excluding hydrogens is 589 g/mol. The first-order valence-corrected chi connectivity index (χ1v) is 15.5. The van der Waals surface area contributed by atoms with Crippen molar-refractivity contribution < 1.29 is 18.7 Å². The molecule has 0 saturated carbocycles. The lowest BCUT2D eigenvalue weighted by Gasteiger charge is -2.43. The molecule has 0 bridgehead atoms. The Bertz CT molecular complexity index is 1680. The molecule has 3 fully saturated rings. The van der Waals surface area contributed by atoms with Gasteiger partial charge in [-0.15, -0.1) is 0 Å². The molecule has 1 amide bonds.